The Balaban J connectivity index is 2.56. The number of halogens is 3. The van der Waals surface area contributed by atoms with Crippen molar-refractivity contribution in [3.63, 3.8) is 0 Å². The number of amidine groups is 1. The number of para-hydroxylation sites is 1. The summed E-state index contributed by atoms with van der Waals surface area (Å²) in [6.45, 7) is 0. The number of quaternary nitrogens is 1. The molecule has 0 atom stereocenters. The molecule has 1 aromatic carbocycles. The van der Waals surface area contributed by atoms with Crippen molar-refractivity contribution in [3.05, 3.63) is 29.8 Å². The maximum atomic E-state index is 12.9. The minimum atomic E-state index is -4.66. The van der Waals surface area contributed by atoms with E-state index in [1.807, 2.05) is 0 Å². The van der Waals surface area contributed by atoms with Gasteiger partial charge in [0.1, 0.15) is 20.1 Å². The van der Waals surface area contributed by atoms with Crippen LogP contribution in [0.1, 0.15) is 5.56 Å². The second-order valence-electron chi connectivity index (χ2n) is 4.41. The molecule has 102 valence electrons. The van der Waals surface area contributed by atoms with Gasteiger partial charge in [0.2, 0.25) is 0 Å². The van der Waals surface area contributed by atoms with Crippen molar-refractivity contribution in [2.75, 3.05) is 19.0 Å². The van der Waals surface area contributed by atoms with Crippen molar-refractivity contribution in [1.29, 1.82) is 0 Å². The predicted molar refractivity (Wildman–Crippen MR) is 58.9 cm³/mol. The molecule has 0 bridgehead atoms. The number of benzene rings is 1. The van der Waals surface area contributed by atoms with E-state index in [2.05, 4.69) is 5.10 Å². The predicted octanol–water partition coefficient (Wildman–Crippen LogP) is 1.35. The first kappa shape index (κ1) is 13.3. The van der Waals surface area contributed by atoms with Crippen LogP contribution in [0.5, 0.6) is 0 Å². The number of anilines is 1. The summed E-state index contributed by atoms with van der Waals surface area (Å²) >= 11 is 0. The van der Waals surface area contributed by atoms with E-state index in [-0.39, 0.29) is 0 Å². The highest BCUT2D eigenvalue weighted by Crippen LogP contribution is 2.37. The van der Waals surface area contributed by atoms with Crippen LogP contribution >= 0.6 is 0 Å². The van der Waals surface area contributed by atoms with Gasteiger partial charge in [-0.05, 0) is 12.1 Å². The fourth-order valence-electron chi connectivity index (χ4n) is 1.74. The summed E-state index contributed by atoms with van der Waals surface area (Å²) in [5, 5.41) is 15.1. The summed E-state index contributed by atoms with van der Waals surface area (Å²) < 4.78 is 37.9. The summed E-state index contributed by atoms with van der Waals surface area (Å²) in [6.07, 6.45) is -4.66. The number of alkyl halides is 3. The Hall–Kier alpha value is -2.09. The smallest absolute Gasteiger partial charge is 0.454 e. The zero-order valence-corrected chi connectivity index (χ0v) is 10.1. The molecular formula is C11H10F3N3O2. The molecule has 0 spiro atoms. The summed E-state index contributed by atoms with van der Waals surface area (Å²) in [6, 6.07) is 2.56. The molecule has 2 rings (SSSR count). The number of amides is 2. The van der Waals surface area contributed by atoms with Crippen LogP contribution in [0.2, 0.25) is 0 Å². The highest BCUT2D eigenvalue weighted by molar-refractivity contribution is 6.12. The number of urea groups is 1. The van der Waals surface area contributed by atoms with Gasteiger partial charge in [-0.1, -0.05) is 17.2 Å². The molecule has 1 aliphatic rings. The highest BCUT2D eigenvalue weighted by Gasteiger charge is 2.44. The number of hydrogen-bond donors (Lipinski definition) is 0. The van der Waals surface area contributed by atoms with Crippen LogP contribution in [0, 0.1) is 0 Å². The van der Waals surface area contributed by atoms with E-state index in [0.717, 1.165) is 12.1 Å². The summed E-state index contributed by atoms with van der Waals surface area (Å²) in [5.74, 6) is 0. The van der Waals surface area contributed by atoms with E-state index in [1.165, 1.54) is 26.2 Å². The Morgan fingerprint density at radius 2 is 1.84 bits per heavy atom. The van der Waals surface area contributed by atoms with Gasteiger partial charge >= 0.3 is 12.2 Å². The third-order valence-corrected chi connectivity index (χ3v) is 2.64. The zero-order chi connectivity index (χ0) is 14.4. The van der Waals surface area contributed by atoms with Gasteiger partial charge in [-0.15, -0.1) is 4.59 Å². The van der Waals surface area contributed by atoms with E-state index in [4.69, 9.17) is 0 Å². The molecular weight excluding hydrogens is 263 g/mol. The van der Waals surface area contributed by atoms with Crippen LogP contribution in [0.25, 0.3) is 0 Å². The third-order valence-electron chi connectivity index (χ3n) is 2.64. The first-order valence-corrected chi connectivity index (χ1v) is 5.27. The second-order valence-corrected chi connectivity index (χ2v) is 4.41. The van der Waals surface area contributed by atoms with E-state index < -0.39 is 34.1 Å². The average Bonchev–Trinajstić information content (AvgIpc) is 2.47. The molecule has 1 heterocycles. The van der Waals surface area contributed by atoms with Crippen molar-refractivity contribution < 1.29 is 27.7 Å². The van der Waals surface area contributed by atoms with E-state index in [1.54, 1.807) is 0 Å². The monoisotopic (exact) mass is 273 g/mol. The second kappa shape index (κ2) is 3.95. The molecule has 1 aromatic rings. The molecule has 0 saturated carbocycles. The minimum absolute atomic E-state index is 0.447. The highest BCUT2D eigenvalue weighted by atomic mass is 19.4. The SMILES string of the molecule is C[N+]1(C)N=C([O-])N(c2ccccc2C(F)(F)F)C1=O. The van der Waals surface area contributed by atoms with Crippen molar-refractivity contribution >= 4 is 17.7 Å². The lowest BCUT2D eigenvalue weighted by Crippen LogP contribution is -2.46. The Bertz CT molecular complexity index is 567. The van der Waals surface area contributed by atoms with Gasteiger partial charge < -0.3 is 5.11 Å². The van der Waals surface area contributed by atoms with Gasteiger partial charge in [0.25, 0.3) is 0 Å². The number of rotatable bonds is 1. The van der Waals surface area contributed by atoms with E-state index in [0.29, 0.717) is 4.90 Å². The fraction of sp³-hybridized carbons (Fsp3) is 0.273. The van der Waals surface area contributed by atoms with Crippen LogP contribution in [0.4, 0.5) is 23.7 Å². The molecule has 0 N–H and O–H groups in total. The Kier molecular flexibility index (Phi) is 2.78. The molecule has 0 unspecified atom stereocenters. The van der Waals surface area contributed by atoms with Gasteiger partial charge in [0.15, 0.2) is 0 Å². The van der Waals surface area contributed by atoms with E-state index in [9.17, 15) is 23.1 Å². The first-order valence-electron chi connectivity index (χ1n) is 5.27. The molecule has 0 aliphatic carbocycles. The molecule has 19 heavy (non-hydrogen) atoms. The van der Waals surface area contributed by atoms with Gasteiger partial charge in [-0.3, -0.25) is 0 Å². The van der Waals surface area contributed by atoms with Crippen LogP contribution in [-0.4, -0.2) is 30.7 Å². The Morgan fingerprint density at radius 3 is 2.32 bits per heavy atom. The maximum absolute atomic E-state index is 12.9. The van der Waals surface area contributed by atoms with E-state index >= 15 is 0 Å². The first-order chi connectivity index (χ1) is 8.64. The quantitative estimate of drug-likeness (QED) is 0.725. The van der Waals surface area contributed by atoms with Gasteiger partial charge in [-0.25, -0.2) is 9.69 Å². The van der Waals surface area contributed by atoms with Crippen LogP contribution < -0.4 is 10.0 Å². The maximum Gasteiger partial charge on any atom is 0.454 e. The Labute approximate surface area is 106 Å². The third kappa shape index (κ3) is 2.14. The molecule has 2 amide bonds. The number of carbonyl (C=O) groups excluding carboxylic acids is 1. The van der Waals surface area contributed by atoms with Gasteiger partial charge in [0, 0.05) is 0 Å². The molecule has 0 radical (unpaired) electrons. The summed E-state index contributed by atoms with van der Waals surface area (Å²) in [7, 11) is 2.63. The lowest BCUT2D eigenvalue weighted by Gasteiger charge is -2.23. The summed E-state index contributed by atoms with van der Waals surface area (Å²) in [5.41, 5.74) is -1.55. The van der Waals surface area contributed by atoms with Crippen LogP contribution in [-0.2, 0) is 6.18 Å². The van der Waals surface area contributed by atoms with Gasteiger partial charge in [0.05, 0.1) is 11.3 Å². The van der Waals surface area contributed by atoms with Crippen LogP contribution in [0.15, 0.2) is 29.4 Å². The van der Waals surface area contributed by atoms with Crippen molar-refractivity contribution in [2.24, 2.45) is 5.10 Å². The molecule has 1 aliphatic heterocycles. The lowest BCUT2D eigenvalue weighted by atomic mass is 10.1. The minimum Gasteiger partial charge on any atom is -0.842 e. The largest absolute Gasteiger partial charge is 0.842 e. The van der Waals surface area contributed by atoms with Crippen molar-refractivity contribution in [1.82, 2.24) is 0 Å². The van der Waals surface area contributed by atoms with Crippen molar-refractivity contribution in [3.8, 4) is 0 Å². The van der Waals surface area contributed by atoms with Gasteiger partial charge in [-0.2, -0.15) is 13.2 Å². The summed E-state index contributed by atoms with van der Waals surface area (Å²) in [4.78, 5) is 12.4. The normalized spacial score (nSPS) is 18.7. The topological polar surface area (TPSA) is 55.7 Å². The van der Waals surface area contributed by atoms with Crippen LogP contribution in [0.3, 0.4) is 0 Å². The fourth-order valence-corrected chi connectivity index (χ4v) is 1.74. The number of carbonyl (C=O) groups is 1. The molecule has 8 heteroatoms. The van der Waals surface area contributed by atoms with Crippen molar-refractivity contribution in [2.45, 2.75) is 6.18 Å². The molecule has 0 saturated heterocycles. The molecule has 0 fully saturated rings. The molecule has 0 aromatic heterocycles. The average molecular weight is 273 g/mol. The number of nitrogens with zero attached hydrogens (tertiary/aromatic N) is 3. The molecule has 5 nitrogen and oxygen atoms in total. The lowest BCUT2D eigenvalue weighted by molar-refractivity contribution is -0.811. The zero-order valence-electron chi connectivity index (χ0n) is 10.1. The standard InChI is InChI=1S/C11H10F3N3O2/c1-17(2)10(19)16(9(18)15-17)8-6-4-3-5-7(8)11(12,13)14/h3-6H,1-2H3. The number of hydrogen-bond acceptors (Lipinski definition) is 3. The Morgan fingerprint density at radius 1 is 1.26 bits per heavy atom.